The molecule has 1 saturated carbocycles. The third kappa shape index (κ3) is 2.14. The third-order valence-corrected chi connectivity index (χ3v) is 4.19. The summed E-state index contributed by atoms with van der Waals surface area (Å²) in [5.41, 5.74) is 1.41. The molecule has 1 fully saturated rings. The van der Waals surface area contributed by atoms with Crippen molar-refractivity contribution in [2.45, 2.75) is 31.6 Å². The fourth-order valence-electron chi connectivity index (χ4n) is 2.49. The molecule has 0 unspecified atom stereocenters. The van der Waals surface area contributed by atoms with Gasteiger partial charge in [0, 0.05) is 10.9 Å². The van der Waals surface area contributed by atoms with Crippen LogP contribution >= 0.6 is 15.9 Å². The highest BCUT2D eigenvalue weighted by Crippen LogP contribution is 2.57. The first-order chi connectivity index (χ1) is 7.54. The molecule has 3 heteroatoms. The molecule has 16 heavy (non-hydrogen) atoms. The monoisotopic (exact) mass is 282 g/mol. The lowest BCUT2D eigenvalue weighted by Gasteiger charge is -2.16. The van der Waals surface area contributed by atoms with Crippen LogP contribution in [0.1, 0.15) is 31.7 Å². The number of carbonyl (C=O) groups is 1. The van der Waals surface area contributed by atoms with Gasteiger partial charge in [0.15, 0.2) is 0 Å². The largest absolute Gasteiger partial charge is 0.481 e. The number of aliphatic carboxylic acids is 1. The SMILES string of the molecule is C[C@H]1C[C@]1(CCC(=O)O)c1ccc(Br)cc1. The van der Waals surface area contributed by atoms with Gasteiger partial charge >= 0.3 is 5.97 Å². The number of benzene rings is 1. The molecule has 86 valence electrons. The van der Waals surface area contributed by atoms with E-state index in [-0.39, 0.29) is 11.8 Å². The summed E-state index contributed by atoms with van der Waals surface area (Å²) < 4.78 is 1.07. The Morgan fingerprint density at radius 3 is 2.50 bits per heavy atom. The van der Waals surface area contributed by atoms with Crippen molar-refractivity contribution in [3.05, 3.63) is 34.3 Å². The predicted molar refractivity (Wildman–Crippen MR) is 66.5 cm³/mol. The lowest BCUT2D eigenvalue weighted by molar-refractivity contribution is -0.137. The van der Waals surface area contributed by atoms with Crippen molar-refractivity contribution >= 4 is 21.9 Å². The zero-order valence-corrected chi connectivity index (χ0v) is 10.8. The van der Waals surface area contributed by atoms with Gasteiger partial charge in [-0.2, -0.15) is 0 Å². The molecular weight excluding hydrogens is 268 g/mol. The van der Waals surface area contributed by atoms with Crippen LogP contribution in [0.3, 0.4) is 0 Å². The van der Waals surface area contributed by atoms with Crippen molar-refractivity contribution in [1.29, 1.82) is 0 Å². The van der Waals surface area contributed by atoms with Gasteiger partial charge in [-0.15, -0.1) is 0 Å². The van der Waals surface area contributed by atoms with E-state index in [0.717, 1.165) is 17.3 Å². The molecular formula is C13H15BrO2. The lowest BCUT2D eigenvalue weighted by atomic mass is 9.89. The van der Waals surface area contributed by atoms with Crippen LogP contribution in [0, 0.1) is 5.92 Å². The number of carboxylic acids is 1. The van der Waals surface area contributed by atoms with Crippen LogP contribution in [0.25, 0.3) is 0 Å². The smallest absolute Gasteiger partial charge is 0.303 e. The molecule has 0 aromatic heterocycles. The summed E-state index contributed by atoms with van der Waals surface area (Å²) in [6, 6.07) is 8.27. The van der Waals surface area contributed by atoms with Gasteiger partial charge in [0.2, 0.25) is 0 Å². The minimum atomic E-state index is -0.699. The van der Waals surface area contributed by atoms with Gasteiger partial charge in [-0.3, -0.25) is 4.79 Å². The summed E-state index contributed by atoms with van der Waals surface area (Å²) in [5.74, 6) is -0.0939. The summed E-state index contributed by atoms with van der Waals surface area (Å²) in [7, 11) is 0. The lowest BCUT2D eigenvalue weighted by Crippen LogP contribution is -2.11. The molecule has 2 atom stereocenters. The molecule has 1 aromatic rings. The number of hydrogen-bond donors (Lipinski definition) is 1. The Morgan fingerprint density at radius 2 is 2.06 bits per heavy atom. The second kappa shape index (κ2) is 4.21. The molecule has 1 aliphatic carbocycles. The Hall–Kier alpha value is -0.830. The molecule has 0 bridgehead atoms. The number of carboxylic acid groups (broad SMARTS) is 1. The highest BCUT2D eigenvalue weighted by molar-refractivity contribution is 9.10. The Balaban J connectivity index is 2.16. The van der Waals surface area contributed by atoms with Crippen molar-refractivity contribution in [3.63, 3.8) is 0 Å². The fourth-order valence-corrected chi connectivity index (χ4v) is 2.76. The summed E-state index contributed by atoms with van der Waals surface area (Å²) in [4.78, 5) is 10.7. The first-order valence-corrected chi connectivity index (χ1v) is 6.32. The molecule has 1 aromatic carbocycles. The normalized spacial score (nSPS) is 27.8. The van der Waals surface area contributed by atoms with Crippen LogP contribution in [0.5, 0.6) is 0 Å². The molecule has 0 aliphatic heterocycles. The molecule has 0 spiro atoms. The Morgan fingerprint density at radius 1 is 1.50 bits per heavy atom. The van der Waals surface area contributed by atoms with Gasteiger partial charge < -0.3 is 5.11 Å². The second-order valence-electron chi connectivity index (χ2n) is 4.66. The number of halogens is 1. The van der Waals surface area contributed by atoms with Gasteiger partial charge in [-0.1, -0.05) is 35.0 Å². The molecule has 1 N–H and O–H groups in total. The first kappa shape index (κ1) is 11.6. The maximum Gasteiger partial charge on any atom is 0.303 e. The highest BCUT2D eigenvalue weighted by Gasteiger charge is 2.51. The van der Waals surface area contributed by atoms with Crippen LogP contribution in [0.4, 0.5) is 0 Å². The summed E-state index contributed by atoms with van der Waals surface area (Å²) in [5, 5.41) is 8.77. The van der Waals surface area contributed by atoms with E-state index in [1.54, 1.807) is 0 Å². The molecule has 2 rings (SSSR count). The zero-order chi connectivity index (χ0) is 11.8. The van der Waals surface area contributed by atoms with Crippen molar-refractivity contribution < 1.29 is 9.90 Å². The van der Waals surface area contributed by atoms with Gasteiger partial charge in [0.1, 0.15) is 0 Å². The zero-order valence-electron chi connectivity index (χ0n) is 9.24. The van der Waals surface area contributed by atoms with E-state index in [1.165, 1.54) is 5.56 Å². The van der Waals surface area contributed by atoms with Crippen molar-refractivity contribution in [1.82, 2.24) is 0 Å². The second-order valence-corrected chi connectivity index (χ2v) is 5.58. The summed E-state index contributed by atoms with van der Waals surface area (Å²) in [6.07, 6.45) is 2.13. The summed E-state index contributed by atoms with van der Waals surface area (Å²) in [6.45, 7) is 2.20. The quantitative estimate of drug-likeness (QED) is 0.916. The maximum absolute atomic E-state index is 10.7. The van der Waals surface area contributed by atoms with E-state index < -0.39 is 5.97 Å². The van der Waals surface area contributed by atoms with Gasteiger partial charge in [-0.05, 0) is 41.9 Å². The van der Waals surface area contributed by atoms with Crippen LogP contribution < -0.4 is 0 Å². The molecule has 1 aliphatic rings. The Labute approximate surface area is 104 Å². The van der Waals surface area contributed by atoms with Crippen LogP contribution in [-0.4, -0.2) is 11.1 Å². The van der Waals surface area contributed by atoms with Crippen molar-refractivity contribution in [2.75, 3.05) is 0 Å². The summed E-state index contributed by atoms with van der Waals surface area (Å²) >= 11 is 3.42. The van der Waals surface area contributed by atoms with E-state index >= 15 is 0 Å². The number of hydrogen-bond acceptors (Lipinski definition) is 1. The van der Waals surface area contributed by atoms with Gasteiger partial charge in [0.25, 0.3) is 0 Å². The molecule has 0 saturated heterocycles. The van der Waals surface area contributed by atoms with E-state index in [2.05, 4.69) is 35.0 Å². The van der Waals surface area contributed by atoms with E-state index in [1.807, 2.05) is 12.1 Å². The topological polar surface area (TPSA) is 37.3 Å². The molecule has 0 heterocycles. The van der Waals surface area contributed by atoms with Crippen molar-refractivity contribution in [3.8, 4) is 0 Å². The van der Waals surface area contributed by atoms with Crippen molar-refractivity contribution in [2.24, 2.45) is 5.92 Å². The standard InChI is InChI=1S/C13H15BrO2/c1-9-8-13(9,7-6-12(15)16)10-2-4-11(14)5-3-10/h2-5,9H,6-8H2,1H3,(H,15,16)/t9-,13-/m0/s1. The Bertz CT molecular complexity index is 399. The fraction of sp³-hybridized carbons (Fsp3) is 0.462. The predicted octanol–water partition coefficient (Wildman–Crippen LogP) is 3.59. The third-order valence-electron chi connectivity index (χ3n) is 3.66. The van der Waals surface area contributed by atoms with Crippen LogP contribution in [0.2, 0.25) is 0 Å². The highest BCUT2D eigenvalue weighted by atomic mass is 79.9. The minimum absolute atomic E-state index is 0.124. The Kier molecular flexibility index (Phi) is 3.06. The van der Waals surface area contributed by atoms with E-state index in [9.17, 15) is 4.79 Å². The minimum Gasteiger partial charge on any atom is -0.481 e. The molecule has 0 amide bonds. The van der Waals surface area contributed by atoms with Gasteiger partial charge in [0.05, 0.1) is 0 Å². The molecule has 2 nitrogen and oxygen atoms in total. The number of rotatable bonds is 4. The van der Waals surface area contributed by atoms with Crippen LogP contribution in [-0.2, 0) is 10.2 Å². The maximum atomic E-state index is 10.7. The average molecular weight is 283 g/mol. The first-order valence-electron chi connectivity index (χ1n) is 5.52. The average Bonchev–Trinajstić information content (AvgIpc) is 2.89. The van der Waals surface area contributed by atoms with E-state index in [4.69, 9.17) is 5.11 Å². The molecule has 0 radical (unpaired) electrons. The van der Waals surface area contributed by atoms with Crippen LogP contribution in [0.15, 0.2) is 28.7 Å². The van der Waals surface area contributed by atoms with E-state index in [0.29, 0.717) is 5.92 Å². The van der Waals surface area contributed by atoms with Gasteiger partial charge in [-0.25, -0.2) is 0 Å².